The maximum absolute atomic E-state index is 12.1. The van der Waals surface area contributed by atoms with Crippen LogP contribution >= 0.6 is 0 Å². The van der Waals surface area contributed by atoms with Crippen molar-refractivity contribution in [2.45, 2.75) is 13.5 Å². The molecule has 2 rings (SSSR count). The molecular formula is C18H20N3O4+. The van der Waals surface area contributed by atoms with Crippen LogP contribution in [0.2, 0.25) is 0 Å². The number of carbonyl (C=O) groups is 1. The van der Waals surface area contributed by atoms with Gasteiger partial charge in [-0.2, -0.15) is 4.57 Å². The van der Waals surface area contributed by atoms with Crippen LogP contribution in [0.25, 0.3) is 0 Å². The summed E-state index contributed by atoms with van der Waals surface area (Å²) in [7, 11) is 1.51. The van der Waals surface area contributed by atoms with Crippen molar-refractivity contribution in [1.29, 1.82) is 0 Å². The van der Waals surface area contributed by atoms with Crippen molar-refractivity contribution in [2.75, 3.05) is 13.7 Å². The molecule has 1 aromatic carbocycles. The standard InChI is InChI=1S/C18H19N3O4/c1-3-25-18(23)17(15(22)13-21-11-7-4-8-12-21)20-19-14-9-5-6-10-16(14)24-2/h4-12H,3,13H2,1-2H3/p+1. The van der Waals surface area contributed by atoms with E-state index >= 15 is 0 Å². The minimum absolute atomic E-state index is 0.0694. The zero-order valence-corrected chi connectivity index (χ0v) is 14.1. The Bertz CT molecular complexity index is 773. The Kier molecular flexibility index (Phi) is 6.65. The van der Waals surface area contributed by atoms with Crippen LogP contribution in [0.5, 0.6) is 5.75 Å². The summed E-state index contributed by atoms with van der Waals surface area (Å²) in [5.41, 5.74) is 0.191. The number of allylic oxidation sites excluding steroid dienone is 1. The van der Waals surface area contributed by atoms with Gasteiger partial charge in [0.1, 0.15) is 11.4 Å². The number of aliphatic hydroxyl groups is 1. The molecule has 0 amide bonds. The van der Waals surface area contributed by atoms with E-state index in [9.17, 15) is 9.90 Å². The zero-order valence-electron chi connectivity index (χ0n) is 14.1. The number of pyridine rings is 1. The number of ether oxygens (including phenoxy) is 2. The number of azo groups is 1. The average molecular weight is 342 g/mol. The van der Waals surface area contributed by atoms with Gasteiger partial charge in [0, 0.05) is 12.1 Å². The minimum Gasteiger partial charge on any atom is -0.504 e. The molecule has 0 saturated carbocycles. The molecule has 0 fully saturated rings. The van der Waals surface area contributed by atoms with Crippen molar-refractivity contribution in [3.8, 4) is 5.75 Å². The Morgan fingerprint density at radius 1 is 1.16 bits per heavy atom. The summed E-state index contributed by atoms with van der Waals surface area (Å²) in [6, 6.07) is 12.5. The van der Waals surface area contributed by atoms with Crippen LogP contribution < -0.4 is 9.30 Å². The molecule has 7 heteroatoms. The summed E-state index contributed by atoms with van der Waals surface area (Å²) in [4.78, 5) is 12.1. The third kappa shape index (κ3) is 5.13. The number of nitrogens with zero attached hydrogens (tertiary/aromatic N) is 3. The second-order valence-corrected chi connectivity index (χ2v) is 4.94. The zero-order chi connectivity index (χ0) is 18.1. The molecule has 2 aromatic rings. The molecule has 0 bridgehead atoms. The molecule has 25 heavy (non-hydrogen) atoms. The van der Waals surface area contributed by atoms with Crippen molar-refractivity contribution in [3.63, 3.8) is 0 Å². The lowest BCUT2D eigenvalue weighted by molar-refractivity contribution is -0.691. The second kappa shape index (κ2) is 9.17. The third-order valence-electron chi connectivity index (χ3n) is 3.19. The van der Waals surface area contributed by atoms with Gasteiger partial charge in [0.05, 0.1) is 13.7 Å². The first-order chi connectivity index (χ1) is 12.2. The van der Waals surface area contributed by atoms with Gasteiger partial charge >= 0.3 is 5.97 Å². The monoisotopic (exact) mass is 342 g/mol. The first kappa shape index (κ1) is 18.1. The average Bonchev–Trinajstić information content (AvgIpc) is 2.63. The first-order valence-electron chi connectivity index (χ1n) is 7.73. The number of aliphatic hydroxyl groups excluding tert-OH is 1. The van der Waals surface area contributed by atoms with Gasteiger partial charge < -0.3 is 14.6 Å². The van der Waals surface area contributed by atoms with Gasteiger partial charge in [-0.1, -0.05) is 18.2 Å². The summed E-state index contributed by atoms with van der Waals surface area (Å²) >= 11 is 0. The van der Waals surface area contributed by atoms with Gasteiger partial charge in [-0.3, -0.25) is 0 Å². The molecule has 7 nitrogen and oxygen atoms in total. The molecule has 0 saturated heterocycles. The van der Waals surface area contributed by atoms with Crippen LogP contribution in [-0.2, 0) is 16.1 Å². The fraction of sp³-hybridized carbons (Fsp3) is 0.222. The lowest BCUT2D eigenvalue weighted by Crippen LogP contribution is -2.34. The van der Waals surface area contributed by atoms with E-state index in [1.807, 2.05) is 18.2 Å². The van der Waals surface area contributed by atoms with Crippen molar-refractivity contribution >= 4 is 11.7 Å². The predicted octanol–water partition coefficient (Wildman–Crippen LogP) is 3.10. The highest BCUT2D eigenvalue weighted by atomic mass is 16.5. The Hall–Kier alpha value is -3.22. The van der Waals surface area contributed by atoms with E-state index in [2.05, 4.69) is 10.2 Å². The third-order valence-corrected chi connectivity index (χ3v) is 3.19. The number of esters is 1. The summed E-state index contributed by atoms with van der Waals surface area (Å²) in [6.07, 6.45) is 3.52. The lowest BCUT2D eigenvalue weighted by atomic mass is 10.3. The molecule has 0 spiro atoms. The maximum Gasteiger partial charge on any atom is 0.362 e. The van der Waals surface area contributed by atoms with Crippen LogP contribution in [0.4, 0.5) is 5.69 Å². The Morgan fingerprint density at radius 3 is 2.56 bits per heavy atom. The molecular weight excluding hydrogens is 322 g/mol. The number of carbonyl (C=O) groups excluding carboxylic acids is 1. The quantitative estimate of drug-likeness (QED) is 0.275. The highest BCUT2D eigenvalue weighted by Crippen LogP contribution is 2.27. The first-order valence-corrected chi connectivity index (χ1v) is 7.73. The number of rotatable bonds is 7. The van der Waals surface area contributed by atoms with E-state index in [1.54, 1.807) is 48.1 Å². The molecule has 130 valence electrons. The number of aromatic nitrogens is 1. The number of methoxy groups -OCH3 is 1. The number of para-hydroxylation sites is 1. The Balaban J connectivity index is 2.33. The molecule has 0 unspecified atom stereocenters. The second-order valence-electron chi connectivity index (χ2n) is 4.94. The molecule has 1 N–H and O–H groups in total. The molecule has 0 radical (unpaired) electrons. The molecule has 0 aliphatic heterocycles. The molecule has 1 aromatic heterocycles. The summed E-state index contributed by atoms with van der Waals surface area (Å²) in [5, 5.41) is 18.3. The van der Waals surface area contributed by atoms with E-state index < -0.39 is 5.97 Å². The van der Waals surface area contributed by atoms with Crippen LogP contribution in [0, 0.1) is 0 Å². The highest BCUT2D eigenvalue weighted by molar-refractivity contribution is 5.88. The molecule has 0 aliphatic rings. The van der Waals surface area contributed by atoms with Crippen LogP contribution in [0.15, 0.2) is 76.5 Å². The number of hydrogen-bond donors (Lipinski definition) is 1. The van der Waals surface area contributed by atoms with E-state index in [4.69, 9.17) is 9.47 Å². The van der Waals surface area contributed by atoms with Gasteiger partial charge in [-0.05, 0) is 19.1 Å². The minimum atomic E-state index is -0.741. The fourth-order valence-electron chi connectivity index (χ4n) is 2.02. The smallest absolute Gasteiger partial charge is 0.362 e. The maximum atomic E-state index is 12.1. The van der Waals surface area contributed by atoms with Gasteiger partial charge in [-0.15, -0.1) is 10.2 Å². The fourth-order valence-corrected chi connectivity index (χ4v) is 2.02. The van der Waals surface area contributed by atoms with Gasteiger partial charge in [0.25, 0.3) is 0 Å². The van der Waals surface area contributed by atoms with E-state index in [1.165, 1.54) is 7.11 Å². The number of hydrogen-bond acceptors (Lipinski definition) is 6. The lowest BCUT2D eigenvalue weighted by Gasteiger charge is -2.05. The Morgan fingerprint density at radius 2 is 1.88 bits per heavy atom. The van der Waals surface area contributed by atoms with E-state index in [0.29, 0.717) is 11.4 Å². The van der Waals surface area contributed by atoms with Crippen molar-refractivity contribution in [2.24, 2.45) is 10.2 Å². The molecule has 1 heterocycles. The highest BCUT2D eigenvalue weighted by Gasteiger charge is 2.20. The van der Waals surface area contributed by atoms with E-state index in [-0.39, 0.29) is 24.6 Å². The van der Waals surface area contributed by atoms with Gasteiger partial charge in [0.15, 0.2) is 18.2 Å². The van der Waals surface area contributed by atoms with Crippen molar-refractivity contribution in [1.82, 2.24) is 0 Å². The van der Waals surface area contributed by atoms with E-state index in [0.717, 1.165) is 0 Å². The van der Waals surface area contributed by atoms with Crippen molar-refractivity contribution in [3.05, 3.63) is 66.3 Å². The van der Waals surface area contributed by atoms with Crippen LogP contribution in [0.3, 0.4) is 0 Å². The van der Waals surface area contributed by atoms with Crippen LogP contribution in [-0.4, -0.2) is 24.8 Å². The summed E-state index contributed by atoms with van der Waals surface area (Å²) in [5.74, 6) is -0.477. The van der Waals surface area contributed by atoms with Crippen LogP contribution in [0.1, 0.15) is 6.92 Å². The molecule has 0 aliphatic carbocycles. The topological polar surface area (TPSA) is 84.4 Å². The Labute approximate surface area is 145 Å². The number of benzene rings is 1. The summed E-state index contributed by atoms with van der Waals surface area (Å²) in [6.45, 7) is 1.91. The molecule has 0 atom stereocenters. The van der Waals surface area contributed by atoms with Gasteiger partial charge in [0.2, 0.25) is 12.2 Å². The SMILES string of the molecule is CCOC(=O)C(N=Nc1ccccc1OC)=C(O)C[n+]1ccccc1. The largest absolute Gasteiger partial charge is 0.504 e. The normalized spacial score (nSPS) is 11.9. The predicted molar refractivity (Wildman–Crippen MR) is 90.4 cm³/mol. The van der Waals surface area contributed by atoms with Gasteiger partial charge in [-0.25, -0.2) is 4.79 Å². The summed E-state index contributed by atoms with van der Waals surface area (Å²) < 4.78 is 11.8. The van der Waals surface area contributed by atoms with Crippen molar-refractivity contribution < 1.29 is 23.9 Å².